The topological polar surface area (TPSA) is 97.6 Å². The zero-order valence-electron chi connectivity index (χ0n) is 16.6. The van der Waals surface area contributed by atoms with Gasteiger partial charge >= 0.3 is 13.6 Å². The molecule has 1 aromatic carbocycles. The van der Waals surface area contributed by atoms with Gasteiger partial charge in [0.05, 0.1) is 25.4 Å². The van der Waals surface area contributed by atoms with Crippen LogP contribution < -0.4 is 5.32 Å². The van der Waals surface area contributed by atoms with Gasteiger partial charge in [-0.15, -0.1) is 11.8 Å². The van der Waals surface area contributed by atoms with E-state index in [9.17, 15) is 14.6 Å². The van der Waals surface area contributed by atoms with E-state index in [0.717, 1.165) is 11.8 Å². The van der Waals surface area contributed by atoms with E-state index < -0.39 is 19.3 Å². The van der Waals surface area contributed by atoms with Crippen LogP contribution in [0.2, 0.25) is 0 Å². The molecule has 0 aliphatic carbocycles. The summed E-state index contributed by atoms with van der Waals surface area (Å²) in [6.07, 6.45) is 3.03. The van der Waals surface area contributed by atoms with Crippen LogP contribution in [0.4, 0.5) is 0 Å². The fraction of sp³-hybridized carbons (Fsp3) is 0.474. The first-order chi connectivity index (χ1) is 13.5. The van der Waals surface area contributed by atoms with Gasteiger partial charge in [0, 0.05) is 0 Å². The molecule has 0 spiro atoms. The molecule has 1 atom stereocenters. The van der Waals surface area contributed by atoms with E-state index >= 15 is 0 Å². The average molecular weight is 426 g/mol. The van der Waals surface area contributed by atoms with Gasteiger partial charge in [-0.05, 0) is 24.7 Å². The number of nitriles is 1. The van der Waals surface area contributed by atoms with E-state index in [4.69, 9.17) is 9.05 Å². The normalized spacial score (nSPS) is 13.2. The number of carbonyl (C=O) groups is 1. The minimum absolute atomic E-state index is 0.200. The number of hydrogen-bond donors (Lipinski definition) is 1. The third-order valence-corrected chi connectivity index (χ3v) is 6.46. The van der Waals surface area contributed by atoms with Crippen LogP contribution in [0.3, 0.4) is 0 Å². The fourth-order valence-corrected chi connectivity index (χ4v) is 4.98. The monoisotopic (exact) mass is 426 g/mol. The lowest BCUT2D eigenvalue weighted by Crippen LogP contribution is -2.24. The SMILES string of the molecule is CCCOP(=O)(OCCC)C(N/C(SC)=C(/C#N)C(=O)OC)c1ccccc1. The Bertz CT molecular complexity index is 736. The standard InChI is InChI=1S/C19H27N2O5PS/c1-5-12-25-27(23,26-13-6-2)17(15-10-8-7-9-11-15)21-18(28-4)16(14-20)19(22)24-3/h7-11,17,21H,5-6,12-13H2,1-4H3/b18-16+. The number of rotatable bonds is 12. The molecule has 28 heavy (non-hydrogen) atoms. The molecule has 0 aliphatic rings. The third-order valence-electron chi connectivity index (χ3n) is 3.58. The van der Waals surface area contributed by atoms with Crippen LogP contribution >= 0.6 is 19.4 Å². The van der Waals surface area contributed by atoms with Gasteiger partial charge in [0.2, 0.25) is 0 Å². The van der Waals surface area contributed by atoms with Crippen molar-refractivity contribution in [2.24, 2.45) is 0 Å². The highest BCUT2D eigenvalue weighted by molar-refractivity contribution is 8.02. The third kappa shape index (κ3) is 6.68. The Hall–Kier alpha value is -1.78. The summed E-state index contributed by atoms with van der Waals surface area (Å²) < 4.78 is 29.7. The van der Waals surface area contributed by atoms with Crippen LogP contribution in [-0.2, 0) is 23.1 Å². The average Bonchev–Trinajstić information content (AvgIpc) is 2.73. The van der Waals surface area contributed by atoms with Crippen LogP contribution in [0.15, 0.2) is 40.9 Å². The molecule has 154 valence electrons. The number of esters is 1. The van der Waals surface area contributed by atoms with Gasteiger partial charge in [0.1, 0.15) is 6.07 Å². The minimum atomic E-state index is -3.66. The molecular weight excluding hydrogens is 399 g/mol. The van der Waals surface area contributed by atoms with Crippen molar-refractivity contribution in [1.82, 2.24) is 5.32 Å². The number of hydrogen-bond acceptors (Lipinski definition) is 8. The van der Waals surface area contributed by atoms with Crippen molar-refractivity contribution in [2.75, 3.05) is 26.6 Å². The van der Waals surface area contributed by atoms with E-state index in [1.165, 1.54) is 7.11 Å². The number of carbonyl (C=O) groups excluding carboxylic acids is 1. The smallest absolute Gasteiger partial charge is 0.357 e. The van der Waals surface area contributed by atoms with E-state index in [0.29, 0.717) is 18.4 Å². The van der Waals surface area contributed by atoms with Crippen LogP contribution in [-0.4, -0.2) is 32.5 Å². The highest BCUT2D eigenvalue weighted by Crippen LogP contribution is 2.60. The number of benzene rings is 1. The van der Waals surface area contributed by atoms with Crippen molar-refractivity contribution in [3.63, 3.8) is 0 Å². The summed E-state index contributed by atoms with van der Waals surface area (Å²) in [5.41, 5.74) is 0.459. The zero-order valence-corrected chi connectivity index (χ0v) is 18.3. The Morgan fingerprint density at radius 1 is 1.21 bits per heavy atom. The molecule has 7 nitrogen and oxygen atoms in total. The van der Waals surface area contributed by atoms with E-state index in [1.54, 1.807) is 18.4 Å². The molecule has 0 heterocycles. The van der Waals surface area contributed by atoms with Gasteiger partial charge in [-0.3, -0.25) is 4.57 Å². The summed E-state index contributed by atoms with van der Waals surface area (Å²) in [5.74, 6) is -1.66. The predicted molar refractivity (Wildman–Crippen MR) is 111 cm³/mol. The van der Waals surface area contributed by atoms with Gasteiger partial charge in [-0.2, -0.15) is 5.26 Å². The van der Waals surface area contributed by atoms with E-state index in [1.807, 2.05) is 38.1 Å². The molecule has 1 rings (SSSR count). The lowest BCUT2D eigenvalue weighted by molar-refractivity contribution is -0.135. The van der Waals surface area contributed by atoms with Gasteiger partial charge < -0.3 is 19.1 Å². The highest BCUT2D eigenvalue weighted by Gasteiger charge is 2.38. The molecule has 1 N–H and O–H groups in total. The van der Waals surface area contributed by atoms with Crippen molar-refractivity contribution < 1.29 is 23.1 Å². The van der Waals surface area contributed by atoms with Gasteiger partial charge in [-0.25, -0.2) is 4.79 Å². The van der Waals surface area contributed by atoms with E-state index in [-0.39, 0.29) is 23.8 Å². The fourth-order valence-electron chi connectivity index (χ4n) is 2.25. The Labute approximate surface area is 171 Å². The Balaban J connectivity index is 3.46. The molecule has 1 unspecified atom stereocenters. The first-order valence-corrected chi connectivity index (χ1v) is 11.8. The van der Waals surface area contributed by atoms with Crippen molar-refractivity contribution in [2.45, 2.75) is 32.5 Å². The summed E-state index contributed by atoms with van der Waals surface area (Å²) in [7, 11) is -2.46. The molecule has 0 saturated heterocycles. The molecule has 0 fully saturated rings. The minimum Gasteiger partial charge on any atom is -0.465 e. The molecule has 0 saturated carbocycles. The van der Waals surface area contributed by atoms with Crippen molar-refractivity contribution in [1.29, 1.82) is 5.26 Å². The summed E-state index contributed by atoms with van der Waals surface area (Å²) in [6, 6.07) is 10.9. The van der Waals surface area contributed by atoms with Gasteiger partial charge in [0.25, 0.3) is 0 Å². The predicted octanol–water partition coefficient (Wildman–Crippen LogP) is 4.59. The summed E-state index contributed by atoms with van der Waals surface area (Å²) in [5, 5.41) is 12.7. The summed E-state index contributed by atoms with van der Waals surface area (Å²) in [6.45, 7) is 4.33. The van der Waals surface area contributed by atoms with Crippen molar-refractivity contribution in [3.8, 4) is 6.07 Å². The maximum absolute atomic E-state index is 13.7. The van der Waals surface area contributed by atoms with E-state index in [2.05, 4.69) is 10.1 Å². The molecule has 1 aromatic rings. The summed E-state index contributed by atoms with van der Waals surface area (Å²) >= 11 is 1.15. The number of nitrogens with one attached hydrogen (secondary N) is 1. The molecule has 0 radical (unpaired) electrons. The first-order valence-electron chi connectivity index (χ1n) is 8.94. The number of nitrogens with zero attached hydrogens (tertiary/aromatic N) is 1. The van der Waals surface area contributed by atoms with Crippen LogP contribution in [0.5, 0.6) is 0 Å². The largest absolute Gasteiger partial charge is 0.465 e. The highest BCUT2D eigenvalue weighted by atomic mass is 32.2. The molecule has 0 aliphatic heterocycles. The molecule has 9 heteroatoms. The first kappa shape index (κ1) is 24.3. The number of ether oxygens (including phenoxy) is 1. The Morgan fingerprint density at radius 3 is 2.21 bits per heavy atom. The zero-order chi connectivity index (χ0) is 21.0. The second kappa shape index (κ2) is 12.6. The molecule has 0 amide bonds. The van der Waals surface area contributed by atoms with Crippen LogP contribution in [0, 0.1) is 11.3 Å². The second-order valence-corrected chi connectivity index (χ2v) is 8.60. The van der Waals surface area contributed by atoms with Crippen molar-refractivity contribution >= 4 is 25.3 Å². The van der Waals surface area contributed by atoms with Crippen molar-refractivity contribution in [3.05, 3.63) is 46.5 Å². The second-order valence-electron chi connectivity index (χ2n) is 5.68. The molecule has 0 bridgehead atoms. The summed E-state index contributed by atoms with van der Waals surface area (Å²) in [4.78, 5) is 12.0. The molecular formula is C19H27N2O5PS. The van der Waals surface area contributed by atoms with Crippen LogP contribution in [0.25, 0.3) is 0 Å². The molecule has 0 aromatic heterocycles. The lowest BCUT2D eigenvalue weighted by Gasteiger charge is -2.29. The maximum Gasteiger partial charge on any atom is 0.357 e. The quantitative estimate of drug-likeness (QED) is 0.224. The lowest BCUT2D eigenvalue weighted by atomic mass is 10.2. The van der Waals surface area contributed by atoms with Gasteiger partial charge in [0.15, 0.2) is 11.4 Å². The Morgan fingerprint density at radius 2 is 1.79 bits per heavy atom. The maximum atomic E-state index is 13.7. The number of thioether (sulfide) groups is 1. The number of methoxy groups -OCH3 is 1. The Kier molecular flexibility index (Phi) is 10.9. The van der Waals surface area contributed by atoms with Crippen LogP contribution in [0.1, 0.15) is 38.0 Å². The van der Waals surface area contributed by atoms with Gasteiger partial charge in [-0.1, -0.05) is 44.2 Å².